The molecule has 80 valence electrons. The van der Waals surface area contributed by atoms with Crippen molar-refractivity contribution in [2.75, 3.05) is 7.11 Å². The molecule has 0 radical (unpaired) electrons. The van der Waals surface area contributed by atoms with Gasteiger partial charge in [-0.2, -0.15) is 5.26 Å². The summed E-state index contributed by atoms with van der Waals surface area (Å²) in [7, 11) is 1.71. The molecular weight excluding hydrogens is 198 g/mol. The fourth-order valence-corrected chi connectivity index (χ4v) is 3.08. The summed E-state index contributed by atoms with van der Waals surface area (Å²) >= 11 is 0. The van der Waals surface area contributed by atoms with Crippen LogP contribution < -0.4 is 0 Å². The quantitative estimate of drug-likeness (QED) is 0.715. The number of rotatable bonds is 1. The molecule has 1 aromatic rings. The normalized spacial score (nSPS) is 34.5. The van der Waals surface area contributed by atoms with Crippen LogP contribution in [-0.4, -0.2) is 7.11 Å². The number of benzene rings is 1. The predicted molar refractivity (Wildman–Crippen MR) is 61.4 cm³/mol. The summed E-state index contributed by atoms with van der Waals surface area (Å²) in [4.78, 5) is 0. The Hall–Kier alpha value is -1.59. The molecule has 3 rings (SSSR count). The van der Waals surface area contributed by atoms with Crippen molar-refractivity contribution in [2.45, 2.75) is 12.0 Å². The molecule has 1 aromatic carbocycles. The van der Waals surface area contributed by atoms with E-state index < -0.39 is 0 Å². The van der Waals surface area contributed by atoms with Gasteiger partial charge in [0.2, 0.25) is 0 Å². The Labute approximate surface area is 95.2 Å². The lowest BCUT2D eigenvalue weighted by Gasteiger charge is -2.53. The predicted octanol–water partition coefficient (Wildman–Crippen LogP) is 2.71. The molecule has 0 aromatic heterocycles. The molecule has 0 spiro atoms. The van der Waals surface area contributed by atoms with E-state index in [1.54, 1.807) is 7.11 Å². The van der Waals surface area contributed by atoms with Gasteiger partial charge in [0, 0.05) is 13.0 Å². The minimum absolute atomic E-state index is 0.0198. The minimum Gasteiger partial charge on any atom is -0.372 e. The highest BCUT2D eigenvalue weighted by Crippen LogP contribution is 2.57. The molecular formula is C14H13NO. The number of ether oxygens (including phenoxy) is 1. The fourth-order valence-electron chi connectivity index (χ4n) is 3.08. The van der Waals surface area contributed by atoms with Crippen molar-refractivity contribution in [1.29, 1.82) is 5.26 Å². The number of hydrogen-bond acceptors (Lipinski definition) is 2. The first kappa shape index (κ1) is 9.62. The second-order valence-corrected chi connectivity index (χ2v) is 4.47. The lowest BCUT2D eigenvalue weighted by molar-refractivity contribution is -0.147. The lowest BCUT2D eigenvalue weighted by atomic mass is 9.55. The van der Waals surface area contributed by atoms with Crippen molar-refractivity contribution in [3.63, 3.8) is 0 Å². The Balaban J connectivity index is 2.20. The van der Waals surface area contributed by atoms with Crippen LogP contribution in [0.3, 0.4) is 0 Å². The molecule has 0 amide bonds. The van der Waals surface area contributed by atoms with E-state index in [1.165, 1.54) is 11.1 Å². The highest BCUT2D eigenvalue weighted by atomic mass is 16.5. The standard InChI is InChI=1S/C14H13NO/c1-16-14-11(8-12(14)9-15)7-6-10-4-2-3-5-13(10)14/h2-7,11-12H,8H2,1H3. The van der Waals surface area contributed by atoms with E-state index in [9.17, 15) is 5.26 Å². The van der Waals surface area contributed by atoms with Gasteiger partial charge in [-0.25, -0.2) is 0 Å². The fraction of sp³-hybridized carbons (Fsp3) is 0.357. The van der Waals surface area contributed by atoms with E-state index in [0.29, 0.717) is 5.92 Å². The van der Waals surface area contributed by atoms with Crippen LogP contribution in [0, 0.1) is 23.2 Å². The summed E-state index contributed by atoms with van der Waals surface area (Å²) in [6.45, 7) is 0. The molecule has 1 fully saturated rings. The maximum Gasteiger partial charge on any atom is 0.115 e. The van der Waals surface area contributed by atoms with Gasteiger partial charge >= 0.3 is 0 Å². The molecule has 1 saturated carbocycles. The SMILES string of the molecule is COC12c3ccccc3C=CC1CC2C#N. The van der Waals surface area contributed by atoms with Gasteiger partial charge in [-0.1, -0.05) is 36.4 Å². The molecule has 2 nitrogen and oxygen atoms in total. The van der Waals surface area contributed by atoms with Crippen molar-refractivity contribution in [1.82, 2.24) is 0 Å². The van der Waals surface area contributed by atoms with Crippen molar-refractivity contribution in [3.8, 4) is 6.07 Å². The van der Waals surface area contributed by atoms with E-state index in [4.69, 9.17) is 4.74 Å². The third-order valence-electron chi connectivity index (χ3n) is 3.94. The zero-order chi connectivity index (χ0) is 11.2. The molecule has 0 saturated heterocycles. The second-order valence-electron chi connectivity index (χ2n) is 4.47. The van der Waals surface area contributed by atoms with Crippen LogP contribution in [0.1, 0.15) is 17.5 Å². The van der Waals surface area contributed by atoms with E-state index >= 15 is 0 Å². The summed E-state index contributed by atoms with van der Waals surface area (Å²) < 4.78 is 5.73. The highest BCUT2D eigenvalue weighted by molar-refractivity contribution is 5.61. The Morgan fingerprint density at radius 2 is 2.25 bits per heavy atom. The van der Waals surface area contributed by atoms with Crippen LogP contribution >= 0.6 is 0 Å². The van der Waals surface area contributed by atoms with Crippen LogP contribution in [0.15, 0.2) is 30.3 Å². The monoisotopic (exact) mass is 211 g/mol. The molecule has 3 unspecified atom stereocenters. The maximum atomic E-state index is 9.19. The Morgan fingerprint density at radius 3 is 3.00 bits per heavy atom. The van der Waals surface area contributed by atoms with Crippen LogP contribution in [0.5, 0.6) is 0 Å². The summed E-state index contributed by atoms with van der Waals surface area (Å²) in [5, 5.41) is 9.19. The van der Waals surface area contributed by atoms with Gasteiger partial charge in [0.25, 0.3) is 0 Å². The van der Waals surface area contributed by atoms with Crippen molar-refractivity contribution in [3.05, 3.63) is 41.5 Å². The number of nitrogens with zero attached hydrogens (tertiary/aromatic N) is 1. The summed E-state index contributed by atoms with van der Waals surface area (Å²) in [5.74, 6) is 0.339. The second kappa shape index (κ2) is 3.20. The van der Waals surface area contributed by atoms with Gasteiger partial charge in [-0.3, -0.25) is 0 Å². The first-order valence-corrected chi connectivity index (χ1v) is 5.55. The van der Waals surface area contributed by atoms with Gasteiger partial charge < -0.3 is 4.74 Å². The molecule has 0 bridgehead atoms. The van der Waals surface area contributed by atoms with E-state index in [0.717, 1.165) is 6.42 Å². The lowest BCUT2D eigenvalue weighted by Crippen LogP contribution is -2.54. The molecule has 0 aliphatic heterocycles. The third kappa shape index (κ3) is 0.942. The molecule has 2 heteroatoms. The number of fused-ring (bicyclic) bond motifs is 3. The zero-order valence-corrected chi connectivity index (χ0v) is 9.18. The maximum absolute atomic E-state index is 9.19. The summed E-state index contributed by atoms with van der Waals surface area (Å²) in [5.41, 5.74) is 1.96. The molecule has 16 heavy (non-hydrogen) atoms. The van der Waals surface area contributed by atoms with Crippen LogP contribution in [-0.2, 0) is 10.3 Å². The number of nitriles is 1. The molecule has 2 aliphatic rings. The van der Waals surface area contributed by atoms with Gasteiger partial charge in [-0.15, -0.1) is 0 Å². The Morgan fingerprint density at radius 1 is 1.44 bits per heavy atom. The summed E-state index contributed by atoms with van der Waals surface area (Å²) in [6, 6.07) is 10.6. The average Bonchev–Trinajstić information content (AvgIpc) is 2.30. The smallest absolute Gasteiger partial charge is 0.115 e. The Kier molecular flexibility index (Phi) is 1.92. The van der Waals surface area contributed by atoms with Crippen molar-refractivity contribution < 1.29 is 4.74 Å². The molecule has 0 N–H and O–H groups in total. The summed E-state index contributed by atoms with van der Waals surface area (Å²) in [6.07, 6.45) is 5.24. The highest BCUT2D eigenvalue weighted by Gasteiger charge is 2.57. The molecule has 2 aliphatic carbocycles. The topological polar surface area (TPSA) is 33.0 Å². The zero-order valence-electron chi connectivity index (χ0n) is 9.18. The van der Waals surface area contributed by atoms with Crippen molar-refractivity contribution in [2.24, 2.45) is 11.8 Å². The molecule has 0 heterocycles. The van der Waals surface area contributed by atoms with Crippen LogP contribution in [0.4, 0.5) is 0 Å². The third-order valence-corrected chi connectivity index (χ3v) is 3.94. The van der Waals surface area contributed by atoms with E-state index in [2.05, 4.69) is 30.4 Å². The first-order chi connectivity index (χ1) is 7.82. The van der Waals surface area contributed by atoms with E-state index in [-0.39, 0.29) is 11.5 Å². The van der Waals surface area contributed by atoms with Gasteiger partial charge in [0.05, 0.1) is 12.0 Å². The minimum atomic E-state index is -0.389. The largest absolute Gasteiger partial charge is 0.372 e. The van der Waals surface area contributed by atoms with Gasteiger partial charge in [0.15, 0.2) is 0 Å². The van der Waals surface area contributed by atoms with Gasteiger partial charge in [-0.05, 0) is 17.5 Å². The Bertz CT molecular complexity index is 500. The molecule has 3 atom stereocenters. The van der Waals surface area contributed by atoms with Gasteiger partial charge in [0.1, 0.15) is 5.60 Å². The average molecular weight is 211 g/mol. The van der Waals surface area contributed by atoms with Crippen molar-refractivity contribution >= 4 is 6.08 Å². The van der Waals surface area contributed by atoms with E-state index in [1.807, 2.05) is 12.1 Å². The number of hydrogen-bond donors (Lipinski definition) is 0. The first-order valence-electron chi connectivity index (χ1n) is 5.55. The van der Waals surface area contributed by atoms with Crippen LogP contribution in [0.2, 0.25) is 0 Å². The number of methoxy groups -OCH3 is 1. The van der Waals surface area contributed by atoms with Crippen LogP contribution in [0.25, 0.3) is 6.08 Å².